The summed E-state index contributed by atoms with van der Waals surface area (Å²) < 4.78 is 5.04. The molecule has 0 saturated carbocycles. The van der Waals surface area contributed by atoms with Crippen LogP contribution < -0.4 is 11.1 Å². The maximum absolute atomic E-state index is 11.5. The Morgan fingerprint density at radius 1 is 1.33 bits per heavy atom. The van der Waals surface area contributed by atoms with Crippen molar-refractivity contribution in [2.45, 2.75) is 26.4 Å². The van der Waals surface area contributed by atoms with Crippen molar-refractivity contribution in [3.8, 4) is 0 Å². The van der Waals surface area contributed by atoms with E-state index in [1.165, 1.54) is 18.2 Å². The Labute approximate surface area is 105 Å². The van der Waals surface area contributed by atoms with Crippen molar-refractivity contribution < 1.29 is 19.4 Å². The van der Waals surface area contributed by atoms with Crippen LogP contribution in [0.4, 0.5) is 16.2 Å². The molecule has 4 N–H and O–H groups in total. The van der Waals surface area contributed by atoms with Gasteiger partial charge in [-0.3, -0.25) is 5.32 Å². The van der Waals surface area contributed by atoms with Crippen molar-refractivity contribution in [2.75, 3.05) is 11.1 Å². The van der Waals surface area contributed by atoms with E-state index in [1.807, 2.05) is 0 Å². The monoisotopic (exact) mass is 252 g/mol. The Kier molecular flexibility index (Phi) is 3.80. The van der Waals surface area contributed by atoms with Crippen LogP contribution in [0.3, 0.4) is 0 Å². The van der Waals surface area contributed by atoms with E-state index < -0.39 is 17.7 Å². The van der Waals surface area contributed by atoms with Crippen LogP contribution in [0.1, 0.15) is 31.1 Å². The second-order valence-corrected chi connectivity index (χ2v) is 4.73. The number of rotatable bonds is 2. The summed E-state index contributed by atoms with van der Waals surface area (Å²) in [5, 5.41) is 11.2. The average Bonchev–Trinajstić information content (AvgIpc) is 2.18. The smallest absolute Gasteiger partial charge is 0.412 e. The minimum Gasteiger partial charge on any atom is -0.478 e. The molecule has 18 heavy (non-hydrogen) atoms. The highest BCUT2D eigenvalue weighted by Gasteiger charge is 2.17. The highest BCUT2D eigenvalue weighted by atomic mass is 16.6. The molecule has 0 aliphatic heterocycles. The van der Waals surface area contributed by atoms with E-state index >= 15 is 0 Å². The molecule has 1 amide bonds. The summed E-state index contributed by atoms with van der Waals surface area (Å²) in [5.74, 6) is -1.10. The van der Waals surface area contributed by atoms with Crippen LogP contribution in [-0.4, -0.2) is 22.8 Å². The van der Waals surface area contributed by atoms with Gasteiger partial charge in [0.1, 0.15) is 5.60 Å². The molecule has 0 atom stereocenters. The molecule has 0 fully saturated rings. The Bertz CT molecular complexity index is 477. The predicted molar refractivity (Wildman–Crippen MR) is 67.7 cm³/mol. The summed E-state index contributed by atoms with van der Waals surface area (Å²) in [4.78, 5) is 22.3. The molecule has 1 aromatic rings. The first-order valence-corrected chi connectivity index (χ1v) is 5.32. The standard InChI is InChI=1S/C12H16N2O4/c1-12(2,3)18-11(17)14-9-6-7(10(15)16)4-5-8(9)13/h4-6H,13H2,1-3H3,(H,14,17)(H,15,16). The molecule has 0 heterocycles. The fourth-order valence-corrected chi connectivity index (χ4v) is 1.21. The number of nitrogens with two attached hydrogens (primary N) is 1. The number of carboxylic acid groups (broad SMARTS) is 1. The zero-order chi connectivity index (χ0) is 13.9. The third-order valence-electron chi connectivity index (χ3n) is 1.94. The minimum absolute atomic E-state index is 0.0373. The van der Waals surface area contributed by atoms with Gasteiger partial charge in [-0.05, 0) is 39.0 Å². The second kappa shape index (κ2) is 4.95. The summed E-state index contributed by atoms with van der Waals surface area (Å²) >= 11 is 0. The first-order chi connectivity index (χ1) is 8.19. The summed E-state index contributed by atoms with van der Waals surface area (Å²) in [6, 6.07) is 4.05. The van der Waals surface area contributed by atoms with E-state index in [0.717, 1.165) is 0 Å². The van der Waals surface area contributed by atoms with Crippen LogP contribution in [0.15, 0.2) is 18.2 Å². The lowest BCUT2D eigenvalue weighted by Gasteiger charge is -2.20. The lowest BCUT2D eigenvalue weighted by molar-refractivity contribution is 0.0633. The summed E-state index contributed by atoms with van der Waals surface area (Å²) in [6.45, 7) is 5.18. The van der Waals surface area contributed by atoms with E-state index in [4.69, 9.17) is 15.6 Å². The molecule has 1 aromatic carbocycles. The van der Waals surface area contributed by atoms with Crippen molar-refractivity contribution >= 4 is 23.4 Å². The number of nitrogen functional groups attached to an aromatic ring is 1. The number of aromatic carboxylic acids is 1. The van der Waals surface area contributed by atoms with Crippen LogP contribution in [0.5, 0.6) is 0 Å². The molecule has 0 aliphatic rings. The highest BCUT2D eigenvalue weighted by Crippen LogP contribution is 2.21. The van der Waals surface area contributed by atoms with E-state index in [0.29, 0.717) is 0 Å². The first kappa shape index (κ1) is 13.8. The van der Waals surface area contributed by atoms with Gasteiger partial charge >= 0.3 is 12.1 Å². The molecule has 0 unspecified atom stereocenters. The van der Waals surface area contributed by atoms with Gasteiger partial charge in [-0.25, -0.2) is 9.59 Å². The van der Waals surface area contributed by atoms with Crippen molar-refractivity contribution in [3.05, 3.63) is 23.8 Å². The first-order valence-electron chi connectivity index (χ1n) is 5.32. The normalized spacial score (nSPS) is 10.8. The largest absolute Gasteiger partial charge is 0.478 e. The molecule has 98 valence electrons. The summed E-state index contributed by atoms with van der Waals surface area (Å²) in [5.41, 5.74) is 5.52. The quantitative estimate of drug-likeness (QED) is 0.701. The van der Waals surface area contributed by atoms with E-state index in [-0.39, 0.29) is 16.9 Å². The fraction of sp³-hybridized carbons (Fsp3) is 0.333. The number of amides is 1. The lowest BCUT2D eigenvalue weighted by Crippen LogP contribution is -2.27. The molecule has 6 nitrogen and oxygen atoms in total. The van der Waals surface area contributed by atoms with Crippen LogP contribution in [0.25, 0.3) is 0 Å². The molecule has 0 spiro atoms. The second-order valence-electron chi connectivity index (χ2n) is 4.73. The molecular weight excluding hydrogens is 236 g/mol. The minimum atomic E-state index is -1.10. The Balaban J connectivity index is 2.87. The van der Waals surface area contributed by atoms with E-state index in [9.17, 15) is 9.59 Å². The molecule has 0 aromatic heterocycles. The molecule has 0 aliphatic carbocycles. The van der Waals surface area contributed by atoms with Gasteiger partial charge in [0.15, 0.2) is 0 Å². The number of carbonyl (C=O) groups excluding carboxylic acids is 1. The number of benzene rings is 1. The topological polar surface area (TPSA) is 102 Å². The van der Waals surface area contributed by atoms with Gasteiger partial charge in [-0.2, -0.15) is 0 Å². The Hall–Kier alpha value is -2.24. The van der Waals surface area contributed by atoms with Crippen molar-refractivity contribution in [1.29, 1.82) is 0 Å². The molecule has 0 bridgehead atoms. The van der Waals surface area contributed by atoms with Gasteiger partial charge < -0.3 is 15.6 Å². The van der Waals surface area contributed by atoms with Crippen LogP contribution in [0, 0.1) is 0 Å². The summed E-state index contributed by atoms with van der Waals surface area (Å²) in [6.07, 6.45) is -0.684. The number of ether oxygens (including phenoxy) is 1. The third-order valence-corrected chi connectivity index (χ3v) is 1.94. The van der Waals surface area contributed by atoms with Crippen LogP contribution >= 0.6 is 0 Å². The number of anilines is 2. The molecular formula is C12H16N2O4. The zero-order valence-electron chi connectivity index (χ0n) is 10.5. The van der Waals surface area contributed by atoms with Gasteiger partial charge in [0, 0.05) is 0 Å². The summed E-state index contributed by atoms with van der Waals surface area (Å²) in [7, 11) is 0. The fourth-order valence-electron chi connectivity index (χ4n) is 1.21. The Morgan fingerprint density at radius 2 is 1.94 bits per heavy atom. The lowest BCUT2D eigenvalue weighted by atomic mass is 10.1. The molecule has 0 saturated heterocycles. The number of carbonyl (C=O) groups is 2. The zero-order valence-corrected chi connectivity index (χ0v) is 10.5. The van der Waals surface area contributed by atoms with Crippen LogP contribution in [0.2, 0.25) is 0 Å². The van der Waals surface area contributed by atoms with E-state index in [1.54, 1.807) is 20.8 Å². The number of nitrogens with one attached hydrogen (secondary N) is 1. The van der Waals surface area contributed by atoms with Crippen molar-refractivity contribution in [3.63, 3.8) is 0 Å². The Morgan fingerprint density at radius 3 is 2.44 bits per heavy atom. The number of carboxylic acids is 1. The SMILES string of the molecule is CC(C)(C)OC(=O)Nc1cc(C(=O)O)ccc1N. The van der Waals surface area contributed by atoms with Gasteiger partial charge in [0.25, 0.3) is 0 Å². The van der Waals surface area contributed by atoms with Gasteiger partial charge in [-0.1, -0.05) is 0 Å². The maximum Gasteiger partial charge on any atom is 0.412 e. The molecule has 6 heteroatoms. The third kappa shape index (κ3) is 3.97. The average molecular weight is 252 g/mol. The predicted octanol–water partition coefficient (Wildman–Crippen LogP) is 2.31. The van der Waals surface area contributed by atoms with Crippen molar-refractivity contribution in [2.24, 2.45) is 0 Å². The van der Waals surface area contributed by atoms with Gasteiger partial charge in [-0.15, -0.1) is 0 Å². The van der Waals surface area contributed by atoms with Gasteiger partial charge in [0.05, 0.1) is 16.9 Å². The molecule has 0 radical (unpaired) electrons. The number of hydrogen-bond acceptors (Lipinski definition) is 4. The number of hydrogen-bond donors (Lipinski definition) is 3. The molecule has 1 rings (SSSR count). The maximum atomic E-state index is 11.5. The highest BCUT2D eigenvalue weighted by molar-refractivity contribution is 5.94. The van der Waals surface area contributed by atoms with Crippen molar-refractivity contribution in [1.82, 2.24) is 0 Å². The van der Waals surface area contributed by atoms with Crippen LogP contribution in [-0.2, 0) is 4.74 Å². The van der Waals surface area contributed by atoms with E-state index in [2.05, 4.69) is 5.32 Å². The van der Waals surface area contributed by atoms with Gasteiger partial charge in [0.2, 0.25) is 0 Å².